The Bertz CT molecular complexity index is 415. The Morgan fingerprint density at radius 1 is 0.789 bits per heavy atom. The van der Waals surface area contributed by atoms with Crippen molar-refractivity contribution in [1.29, 1.82) is 0 Å². The van der Waals surface area contributed by atoms with Crippen molar-refractivity contribution >= 4 is 6.08 Å². The molecule has 1 heteroatoms. The van der Waals surface area contributed by atoms with Crippen LogP contribution < -0.4 is 0 Å². The predicted molar refractivity (Wildman–Crippen MR) is 83.5 cm³/mol. The van der Waals surface area contributed by atoms with Crippen LogP contribution in [0, 0.1) is 6.07 Å². The van der Waals surface area contributed by atoms with E-state index < -0.39 is 0 Å². The zero-order chi connectivity index (χ0) is 13.8. The van der Waals surface area contributed by atoms with E-state index in [0.29, 0.717) is 0 Å². The third-order valence-electron chi connectivity index (χ3n) is 2.20. The zero-order valence-corrected chi connectivity index (χ0v) is 15.0. The Labute approximate surface area is 132 Å². The van der Waals surface area contributed by atoms with Crippen LogP contribution in [-0.4, -0.2) is 0 Å². The smallest absolute Gasteiger partial charge is 0 e. The van der Waals surface area contributed by atoms with Gasteiger partial charge in [-0.25, -0.2) is 0 Å². The predicted octanol–water partition coefficient (Wildman–Crippen LogP) is 5.85. The summed E-state index contributed by atoms with van der Waals surface area (Å²) < 4.78 is 0. The van der Waals surface area contributed by atoms with Gasteiger partial charge >= 0.3 is 0 Å². The molecular weight excluding hydrogens is 402 g/mol. The van der Waals surface area contributed by atoms with Crippen LogP contribution in [0.4, 0.5) is 0 Å². The topological polar surface area (TPSA) is 0 Å². The van der Waals surface area contributed by atoms with Gasteiger partial charge in [0.25, 0.3) is 0 Å². The van der Waals surface area contributed by atoms with Crippen LogP contribution in [0.25, 0.3) is 17.2 Å². The summed E-state index contributed by atoms with van der Waals surface area (Å²) in [5.74, 6) is 0. The van der Waals surface area contributed by atoms with Crippen LogP contribution >= 0.6 is 0 Å². The van der Waals surface area contributed by atoms with Crippen molar-refractivity contribution in [3.63, 3.8) is 0 Å². The van der Waals surface area contributed by atoms with E-state index in [1.165, 1.54) is 11.1 Å². The van der Waals surface area contributed by atoms with Crippen LogP contribution in [0.1, 0.15) is 33.3 Å². The molecule has 2 aromatic carbocycles. The van der Waals surface area contributed by atoms with Gasteiger partial charge in [-0.1, -0.05) is 64.6 Å². The molecule has 2 rings (SSSR count). The van der Waals surface area contributed by atoms with Crippen molar-refractivity contribution in [2.75, 3.05) is 0 Å². The van der Waals surface area contributed by atoms with Gasteiger partial charge in [0.15, 0.2) is 0 Å². The molecule has 0 saturated heterocycles. The number of benzene rings is 2. The second kappa shape index (κ2) is 13.3. The first-order valence-corrected chi connectivity index (χ1v) is 6.59. The molecule has 0 bridgehead atoms. The number of rotatable bonds is 2. The molecule has 0 aliphatic rings. The quantitative estimate of drug-likeness (QED) is 0.530. The van der Waals surface area contributed by atoms with Gasteiger partial charge in [0.2, 0.25) is 0 Å². The fourth-order valence-corrected chi connectivity index (χ4v) is 1.39. The summed E-state index contributed by atoms with van der Waals surface area (Å²) in [4.78, 5) is 0. The molecule has 0 aliphatic heterocycles. The van der Waals surface area contributed by atoms with Crippen molar-refractivity contribution in [3.8, 4) is 11.1 Å². The van der Waals surface area contributed by atoms with Gasteiger partial charge in [-0.2, -0.15) is 30.3 Å². The van der Waals surface area contributed by atoms with Crippen molar-refractivity contribution in [2.24, 2.45) is 0 Å². The van der Waals surface area contributed by atoms with E-state index in [4.69, 9.17) is 0 Å². The first-order chi connectivity index (χ1) is 8.90. The molecule has 0 aromatic heterocycles. The molecule has 0 atom stereocenters. The second-order valence-corrected chi connectivity index (χ2v) is 3.11. The zero-order valence-electron chi connectivity index (χ0n) is 12.3. The average Bonchev–Trinajstić information content (AvgIpc) is 2.52. The molecule has 2 aromatic rings. The standard InChI is InChI=1S/C14H11.2C2H6.Re/c1-2-12-8-10-14(11-9-12)13-6-4-3-5-7-13;2*1-2;/h2,4-11H,1H2;2*1-2H3;/q-1;;;. The molecule has 1 radical (unpaired) electrons. The largest absolute Gasteiger partial charge is 0.184 e. The summed E-state index contributed by atoms with van der Waals surface area (Å²) in [5, 5.41) is 0. The van der Waals surface area contributed by atoms with E-state index in [1.54, 1.807) is 0 Å². The Morgan fingerprint density at radius 2 is 1.21 bits per heavy atom. The molecule has 0 fully saturated rings. The van der Waals surface area contributed by atoms with Gasteiger partial charge in [-0.15, -0.1) is 5.56 Å². The monoisotopic (exact) mass is 426 g/mol. The van der Waals surface area contributed by atoms with E-state index in [1.807, 2.05) is 45.9 Å². The minimum Gasteiger partial charge on any atom is -0.184 e. The normalized spacial score (nSPS) is 7.79. The minimum absolute atomic E-state index is 0. The Morgan fingerprint density at radius 3 is 1.63 bits per heavy atom. The van der Waals surface area contributed by atoms with Gasteiger partial charge in [0.1, 0.15) is 0 Å². The van der Waals surface area contributed by atoms with Gasteiger partial charge in [-0.05, 0) is 11.1 Å². The van der Waals surface area contributed by atoms with Crippen molar-refractivity contribution in [3.05, 3.63) is 66.7 Å². The van der Waals surface area contributed by atoms with Crippen LogP contribution in [-0.2, 0) is 20.4 Å². The SMILES string of the molecule is C=Cc1ccc(-c2cc[c-]cc2)cc1.CC.CC.[Re]. The Kier molecular flexibility index (Phi) is 14.1. The third kappa shape index (κ3) is 7.11. The van der Waals surface area contributed by atoms with Gasteiger partial charge in [0, 0.05) is 20.4 Å². The van der Waals surface area contributed by atoms with E-state index in [2.05, 4.69) is 49.0 Å². The summed E-state index contributed by atoms with van der Waals surface area (Å²) in [5.41, 5.74) is 3.60. The maximum atomic E-state index is 3.73. The maximum absolute atomic E-state index is 3.73. The van der Waals surface area contributed by atoms with E-state index in [0.717, 1.165) is 5.56 Å². The molecule has 0 saturated carbocycles. The first-order valence-electron chi connectivity index (χ1n) is 6.59. The molecule has 103 valence electrons. The van der Waals surface area contributed by atoms with Crippen LogP contribution in [0.3, 0.4) is 0 Å². The molecule has 0 nitrogen and oxygen atoms in total. The van der Waals surface area contributed by atoms with Gasteiger partial charge in [0.05, 0.1) is 0 Å². The van der Waals surface area contributed by atoms with Crippen molar-refractivity contribution in [2.45, 2.75) is 27.7 Å². The summed E-state index contributed by atoms with van der Waals surface area (Å²) in [6.07, 6.45) is 1.85. The van der Waals surface area contributed by atoms with Crippen molar-refractivity contribution < 1.29 is 20.4 Å². The van der Waals surface area contributed by atoms with Crippen LogP contribution in [0.15, 0.2) is 55.1 Å². The molecule has 0 amide bonds. The molecule has 19 heavy (non-hydrogen) atoms. The Hall–Kier alpha value is -1.16. The minimum atomic E-state index is 0. The van der Waals surface area contributed by atoms with Gasteiger partial charge in [-0.3, -0.25) is 0 Å². The molecule has 0 unspecified atom stereocenters. The average molecular weight is 426 g/mol. The fraction of sp³-hybridized carbons (Fsp3) is 0.222. The molecule has 0 spiro atoms. The summed E-state index contributed by atoms with van der Waals surface area (Å²) in [7, 11) is 0. The molecule has 0 heterocycles. The van der Waals surface area contributed by atoms with Gasteiger partial charge < -0.3 is 0 Å². The van der Waals surface area contributed by atoms with E-state index in [9.17, 15) is 0 Å². The fourth-order valence-electron chi connectivity index (χ4n) is 1.39. The Balaban J connectivity index is 0. The van der Waals surface area contributed by atoms with Crippen LogP contribution in [0.5, 0.6) is 0 Å². The first kappa shape index (κ1) is 20.2. The summed E-state index contributed by atoms with van der Waals surface area (Å²) in [6, 6.07) is 19.3. The van der Waals surface area contributed by atoms with Crippen LogP contribution in [0.2, 0.25) is 0 Å². The molecule has 0 N–H and O–H groups in total. The second-order valence-electron chi connectivity index (χ2n) is 3.11. The van der Waals surface area contributed by atoms with E-state index >= 15 is 0 Å². The van der Waals surface area contributed by atoms with E-state index in [-0.39, 0.29) is 20.4 Å². The molecule has 0 aliphatic carbocycles. The molecular formula is C18H23Re-. The summed E-state index contributed by atoms with van der Waals surface area (Å²) >= 11 is 0. The summed E-state index contributed by atoms with van der Waals surface area (Å²) in [6.45, 7) is 11.7. The number of hydrogen-bond acceptors (Lipinski definition) is 0. The third-order valence-corrected chi connectivity index (χ3v) is 2.20. The van der Waals surface area contributed by atoms with Crippen molar-refractivity contribution in [1.82, 2.24) is 0 Å². The maximum Gasteiger partial charge on any atom is 0 e. The number of hydrogen-bond donors (Lipinski definition) is 0.